The summed E-state index contributed by atoms with van der Waals surface area (Å²) in [6, 6.07) is 15.3. The lowest BCUT2D eigenvalue weighted by molar-refractivity contribution is -0.118. The van der Waals surface area contributed by atoms with Crippen molar-refractivity contribution in [2.45, 2.75) is 5.16 Å². The number of aromatic nitrogens is 2. The molecule has 0 spiro atoms. The molecule has 0 unspecified atom stereocenters. The van der Waals surface area contributed by atoms with E-state index in [2.05, 4.69) is 15.3 Å². The molecule has 2 aromatic carbocycles. The molecule has 0 aliphatic heterocycles. The number of nitrogens with zero attached hydrogens (tertiary/aromatic N) is 1. The van der Waals surface area contributed by atoms with Gasteiger partial charge in [0.15, 0.2) is 5.16 Å². The highest BCUT2D eigenvalue weighted by Gasteiger charge is 2.14. The highest BCUT2D eigenvalue weighted by Crippen LogP contribution is 2.31. The van der Waals surface area contributed by atoms with Crippen LogP contribution in [-0.4, -0.2) is 34.8 Å². The molecule has 0 atom stereocenters. The Morgan fingerprint density at radius 3 is 2.71 bits per heavy atom. The number of para-hydroxylation sites is 1. The van der Waals surface area contributed by atoms with Crippen LogP contribution in [0, 0.1) is 5.82 Å². The van der Waals surface area contributed by atoms with E-state index in [4.69, 9.17) is 4.74 Å². The summed E-state index contributed by atoms with van der Waals surface area (Å²) in [6.45, 7) is 0.742. The van der Waals surface area contributed by atoms with Crippen molar-refractivity contribution in [1.29, 1.82) is 0 Å². The molecule has 158 valence electrons. The second-order valence-corrected chi connectivity index (χ2v) is 8.33. The van der Waals surface area contributed by atoms with Gasteiger partial charge in [0, 0.05) is 10.9 Å². The molecule has 0 saturated heterocycles. The summed E-state index contributed by atoms with van der Waals surface area (Å²) in [5.41, 5.74) is 1.17. The minimum atomic E-state index is -0.334. The Hall–Kier alpha value is -3.17. The number of fused-ring (bicyclic) bond motifs is 1. The van der Waals surface area contributed by atoms with E-state index >= 15 is 0 Å². The third-order valence-corrected chi connectivity index (χ3v) is 6.10. The lowest BCUT2D eigenvalue weighted by Crippen LogP contribution is -2.29. The third kappa shape index (κ3) is 5.31. The Kier molecular flexibility index (Phi) is 6.63. The Balaban J connectivity index is 1.34. The molecule has 0 bridgehead atoms. The predicted molar refractivity (Wildman–Crippen MR) is 121 cm³/mol. The summed E-state index contributed by atoms with van der Waals surface area (Å²) >= 11 is 2.49. The predicted octanol–water partition coefficient (Wildman–Crippen LogP) is 4.08. The van der Waals surface area contributed by atoms with Gasteiger partial charge in [-0.1, -0.05) is 42.1 Å². The monoisotopic (exact) mass is 455 g/mol. The van der Waals surface area contributed by atoms with E-state index in [0.717, 1.165) is 23.1 Å². The van der Waals surface area contributed by atoms with Crippen LogP contribution >= 0.6 is 23.1 Å². The van der Waals surface area contributed by atoms with Crippen LogP contribution in [-0.2, 0) is 4.79 Å². The van der Waals surface area contributed by atoms with Gasteiger partial charge in [0.1, 0.15) is 23.0 Å². The molecular formula is C22H18FN3O3S2. The van der Waals surface area contributed by atoms with Gasteiger partial charge in [-0.2, -0.15) is 0 Å². The van der Waals surface area contributed by atoms with Crippen molar-refractivity contribution in [3.05, 3.63) is 76.1 Å². The summed E-state index contributed by atoms with van der Waals surface area (Å²) in [5, 5.41) is 5.44. The van der Waals surface area contributed by atoms with E-state index in [1.54, 1.807) is 12.1 Å². The number of benzene rings is 2. The van der Waals surface area contributed by atoms with E-state index in [1.807, 2.05) is 35.7 Å². The van der Waals surface area contributed by atoms with Crippen molar-refractivity contribution < 1.29 is 13.9 Å². The van der Waals surface area contributed by atoms with E-state index < -0.39 is 0 Å². The number of aromatic amines is 1. The minimum absolute atomic E-state index is 0.121. The lowest BCUT2D eigenvalue weighted by Gasteiger charge is -2.07. The fraction of sp³-hybridized carbons (Fsp3) is 0.136. The van der Waals surface area contributed by atoms with E-state index in [0.29, 0.717) is 34.1 Å². The number of hydrogen-bond donors (Lipinski definition) is 2. The maximum absolute atomic E-state index is 13.2. The van der Waals surface area contributed by atoms with Gasteiger partial charge in [-0.05, 0) is 29.8 Å². The van der Waals surface area contributed by atoms with E-state index in [9.17, 15) is 14.0 Å². The highest BCUT2D eigenvalue weighted by atomic mass is 32.2. The highest BCUT2D eigenvalue weighted by molar-refractivity contribution is 7.99. The topological polar surface area (TPSA) is 84.1 Å². The minimum Gasteiger partial charge on any atom is -0.492 e. The van der Waals surface area contributed by atoms with Crippen molar-refractivity contribution in [3.63, 3.8) is 0 Å². The molecule has 1 amide bonds. The quantitative estimate of drug-likeness (QED) is 0.238. The summed E-state index contributed by atoms with van der Waals surface area (Å²) in [7, 11) is 0. The van der Waals surface area contributed by atoms with Crippen molar-refractivity contribution in [2.75, 3.05) is 18.9 Å². The molecule has 2 aromatic heterocycles. The number of hydrogen-bond acceptors (Lipinski definition) is 6. The van der Waals surface area contributed by atoms with Crippen LogP contribution in [0.2, 0.25) is 0 Å². The van der Waals surface area contributed by atoms with Gasteiger partial charge in [0.25, 0.3) is 5.56 Å². The van der Waals surface area contributed by atoms with Gasteiger partial charge in [0.2, 0.25) is 5.91 Å². The molecule has 9 heteroatoms. The van der Waals surface area contributed by atoms with Crippen molar-refractivity contribution >= 4 is 39.2 Å². The number of ether oxygens (including phenoxy) is 1. The van der Waals surface area contributed by atoms with Gasteiger partial charge in [0.05, 0.1) is 17.7 Å². The maximum atomic E-state index is 13.2. The fourth-order valence-electron chi connectivity index (χ4n) is 2.90. The molecule has 0 radical (unpaired) electrons. The SMILES string of the molecule is O=C(CSc1nc2scc(-c3ccc(F)cc3)c2c(=O)[nH]1)NCCOc1ccccc1. The average molecular weight is 456 g/mol. The van der Waals surface area contributed by atoms with Crippen LogP contribution < -0.4 is 15.6 Å². The largest absolute Gasteiger partial charge is 0.492 e. The van der Waals surface area contributed by atoms with Crippen LogP contribution in [0.15, 0.2) is 69.9 Å². The lowest BCUT2D eigenvalue weighted by atomic mass is 10.1. The van der Waals surface area contributed by atoms with E-state index in [-0.39, 0.29) is 23.0 Å². The summed E-state index contributed by atoms with van der Waals surface area (Å²) in [6.07, 6.45) is 0. The van der Waals surface area contributed by atoms with E-state index in [1.165, 1.54) is 23.5 Å². The second-order valence-electron chi connectivity index (χ2n) is 6.51. The molecule has 0 aliphatic carbocycles. The fourth-order valence-corrected chi connectivity index (χ4v) is 4.60. The smallest absolute Gasteiger partial charge is 0.260 e. The average Bonchev–Trinajstić information content (AvgIpc) is 3.21. The molecule has 4 aromatic rings. The Labute approximate surface area is 185 Å². The molecule has 31 heavy (non-hydrogen) atoms. The van der Waals surface area contributed by atoms with Gasteiger partial charge in [-0.3, -0.25) is 9.59 Å². The molecule has 2 heterocycles. The number of nitrogens with one attached hydrogen (secondary N) is 2. The number of thiophene rings is 1. The van der Waals surface area contributed by atoms with Gasteiger partial charge < -0.3 is 15.0 Å². The Bertz CT molecular complexity index is 1240. The molecule has 0 saturated carbocycles. The summed E-state index contributed by atoms with van der Waals surface area (Å²) < 4.78 is 18.7. The molecule has 4 rings (SSSR count). The normalized spacial score (nSPS) is 10.9. The zero-order valence-electron chi connectivity index (χ0n) is 16.3. The third-order valence-electron chi connectivity index (χ3n) is 4.35. The number of carbonyl (C=O) groups is 1. The Morgan fingerprint density at radius 1 is 1.16 bits per heavy atom. The number of carbonyl (C=O) groups excluding carboxylic acids is 1. The zero-order chi connectivity index (χ0) is 21.6. The molecule has 0 fully saturated rings. The summed E-state index contributed by atoms with van der Waals surface area (Å²) in [4.78, 5) is 32.4. The second kappa shape index (κ2) is 9.76. The maximum Gasteiger partial charge on any atom is 0.260 e. The van der Waals surface area contributed by atoms with Crippen molar-refractivity contribution in [1.82, 2.24) is 15.3 Å². The first kappa shape index (κ1) is 21.1. The van der Waals surface area contributed by atoms with Crippen molar-refractivity contribution in [3.8, 4) is 16.9 Å². The first-order valence-electron chi connectivity index (χ1n) is 9.45. The summed E-state index contributed by atoms with van der Waals surface area (Å²) in [5.74, 6) is 0.356. The first-order valence-corrected chi connectivity index (χ1v) is 11.3. The van der Waals surface area contributed by atoms with Crippen LogP contribution in [0.25, 0.3) is 21.3 Å². The first-order chi connectivity index (χ1) is 15.1. The zero-order valence-corrected chi connectivity index (χ0v) is 17.9. The van der Waals surface area contributed by atoms with Crippen LogP contribution in [0.5, 0.6) is 5.75 Å². The number of halogens is 1. The molecule has 0 aliphatic rings. The number of amides is 1. The van der Waals surface area contributed by atoms with Crippen LogP contribution in [0.4, 0.5) is 4.39 Å². The van der Waals surface area contributed by atoms with Crippen LogP contribution in [0.1, 0.15) is 0 Å². The number of thioether (sulfide) groups is 1. The number of H-pyrrole nitrogens is 1. The van der Waals surface area contributed by atoms with Crippen molar-refractivity contribution in [2.24, 2.45) is 0 Å². The van der Waals surface area contributed by atoms with Gasteiger partial charge in [-0.15, -0.1) is 11.3 Å². The van der Waals surface area contributed by atoms with Crippen LogP contribution in [0.3, 0.4) is 0 Å². The standard InChI is InChI=1S/C22H18FN3O3S2/c23-15-8-6-14(7-9-15)17-12-30-21-19(17)20(28)25-22(26-21)31-13-18(27)24-10-11-29-16-4-2-1-3-5-16/h1-9,12H,10-11,13H2,(H,24,27)(H,25,26,28). The molecule has 6 nitrogen and oxygen atoms in total. The Morgan fingerprint density at radius 2 is 1.94 bits per heavy atom. The number of rotatable bonds is 8. The van der Waals surface area contributed by atoms with Gasteiger partial charge in [-0.25, -0.2) is 9.37 Å². The molecular weight excluding hydrogens is 437 g/mol. The van der Waals surface area contributed by atoms with Gasteiger partial charge >= 0.3 is 0 Å². The molecule has 2 N–H and O–H groups in total.